The highest BCUT2D eigenvalue weighted by atomic mass is 35.5. The van der Waals surface area contributed by atoms with Crippen molar-refractivity contribution in [2.75, 3.05) is 7.11 Å². The molecule has 0 radical (unpaired) electrons. The van der Waals surface area contributed by atoms with Gasteiger partial charge in [-0.1, -0.05) is 103 Å². The molecular weight excluding hydrogens is 356 g/mol. The van der Waals surface area contributed by atoms with Crippen LogP contribution in [0.4, 0.5) is 0 Å². The summed E-state index contributed by atoms with van der Waals surface area (Å²) in [5.74, 6) is -0.419. The number of rotatable bonds is 5. The molecule has 0 spiro atoms. The molecule has 0 aliphatic carbocycles. The van der Waals surface area contributed by atoms with Gasteiger partial charge in [0.05, 0.1) is 12.7 Å². The third-order valence-electron chi connectivity index (χ3n) is 4.11. The van der Waals surface area contributed by atoms with Gasteiger partial charge in [-0.25, -0.2) is 4.79 Å². The van der Waals surface area contributed by atoms with Crippen LogP contribution in [0.3, 0.4) is 0 Å². The maximum absolute atomic E-state index is 12.5. The highest BCUT2D eigenvalue weighted by molar-refractivity contribution is 6.33. The van der Waals surface area contributed by atoms with Crippen molar-refractivity contribution >= 4 is 41.9 Å². The van der Waals surface area contributed by atoms with Crippen LogP contribution in [0.2, 0.25) is 5.02 Å². The zero-order chi connectivity index (χ0) is 19.1. The Hall–Kier alpha value is -3.10. The summed E-state index contributed by atoms with van der Waals surface area (Å²) in [7, 11) is 1.37. The maximum Gasteiger partial charge on any atom is 0.339 e. The molecule has 0 saturated carbocycles. The zero-order valence-electron chi connectivity index (χ0n) is 14.9. The van der Waals surface area contributed by atoms with Crippen molar-refractivity contribution < 1.29 is 9.53 Å². The molecule has 0 aliphatic heterocycles. The largest absolute Gasteiger partial charge is 0.465 e. The normalized spacial score (nSPS) is 11.2. The van der Waals surface area contributed by atoms with Gasteiger partial charge < -0.3 is 4.74 Å². The second-order valence-electron chi connectivity index (χ2n) is 5.90. The molecule has 0 amide bonds. The lowest BCUT2D eigenvalue weighted by Crippen LogP contribution is -2.07. The summed E-state index contributed by atoms with van der Waals surface area (Å²) in [6, 6.07) is 23.4. The molecule has 3 rings (SSSR count). The first-order chi connectivity index (χ1) is 13.2. The Balaban J connectivity index is 2.05. The summed E-state index contributed by atoms with van der Waals surface area (Å²) >= 11 is 6.40. The predicted molar refractivity (Wildman–Crippen MR) is 114 cm³/mol. The first-order valence-corrected chi connectivity index (χ1v) is 8.94. The van der Waals surface area contributed by atoms with E-state index in [4.69, 9.17) is 16.3 Å². The fourth-order valence-electron chi connectivity index (χ4n) is 2.74. The summed E-state index contributed by atoms with van der Waals surface area (Å²) in [4.78, 5) is 12.5. The van der Waals surface area contributed by atoms with E-state index in [0.717, 1.165) is 16.7 Å². The predicted octanol–water partition coefficient (Wildman–Crippen LogP) is 6.47. The Labute approximate surface area is 164 Å². The monoisotopic (exact) mass is 374 g/mol. The lowest BCUT2D eigenvalue weighted by atomic mass is 9.98. The summed E-state index contributed by atoms with van der Waals surface area (Å²) < 4.78 is 5.01. The van der Waals surface area contributed by atoms with Gasteiger partial charge in [0.25, 0.3) is 0 Å². The van der Waals surface area contributed by atoms with Crippen molar-refractivity contribution in [3.63, 3.8) is 0 Å². The summed E-state index contributed by atoms with van der Waals surface area (Å²) in [5, 5.41) is 0.499. The first kappa shape index (κ1) is 18.7. The van der Waals surface area contributed by atoms with Crippen molar-refractivity contribution in [1.29, 1.82) is 0 Å². The molecule has 0 aromatic heterocycles. The van der Waals surface area contributed by atoms with Crippen molar-refractivity contribution in [3.8, 4) is 0 Å². The molecule has 0 bridgehead atoms. The molecule has 0 atom stereocenters. The molecule has 134 valence electrons. The van der Waals surface area contributed by atoms with E-state index in [-0.39, 0.29) is 0 Å². The van der Waals surface area contributed by atoms with Crippen LogP contribution in [0.1, 0.15) is 32.6 Å². The van der Waals surface area contributed by atoms with Crippen LogP contribution in [-0.2, 0) is 4.74 Å². The number of carbonyl (C=O) groups is 1. The van der Waals surface area contributed by atoms with Crippen LogP contribution < -0.4 is 0 Å². The highest BCUT2D eigenvalue weighted by Crippen LogP contribution is 2.28. The van der Waals surface area contributed by atoms with E-state index in [1.807, 2.05) is 91.0 Å². The van der Waals surface area contributed by atoms with E-state index in [1.165, 1.54) is 7.11 Å². The highest BCUT2D eigenvalue weighted by Gasteiger charge is 2.17. The number of hydrogen-bond donors (Lipinski definition) is 0. The van der Waals surface area contributed by atoms with Gasteiger partial charge >= 0.3 is 5.97 Å². The molecule has 3 heteroatoms. The van der Waals surface area contributed by atoms with Crippen molar-refractivity contribution in [1.82, 2.24) is 0 Å². The Morgan fingerprint density at radius 2 is 1.33 bits per heavy atom. The van der Waals surface area contributed by atoms with Gasteiger partial charge in [0, 0.05) is 10.6 Å². The van der Waals surface area contributed by atoms with Crippen LogP contribution in [-0.4, -0.2) is 13.1 Å². The number of esters is 1. The fraction of sp³-hybridized carbons (Fsp3) is 0.0417. The molecule has 0 unspecified atom stereocenters. The summed E-state index contributed by atoms with van der Waals surface area (Å²) in [5.41, 5.74) is 3.91. The van der Waals surface area contributed by atoms with Crippen LogP contribution in [0.15, 0.2) is 72.8 Å². The minimum absolute atomic E-state index is 0.419. The quantitative estimate of drug-likeness (QED) is 0.378. The van der Waals surface area contributed by atoms with Crippen LogP contribution in [0.5, 0.6) is 0 Å². The Morgan fingerprint density at radius 3 is 1.89 bits per heavy atom. The minimum Gasteiger partial charge on any atom is -0.465 e. The number of methoxy groups -OCH3 is 1. The number of hydrogen-bond acceptors (Lipinski definition) is 2. The van der Waals surface area contributed by atoms with Crippen molar-refractivity contribution in [2.45, 2.75) is 0 Å². The molecule has 27 heavy (non-hydrogen) atoms. The van der Waals surface area contributed by atoms with E-state index < -0.39 is 5.97 Å². The van der Waals surface area contributed by atoms with Crippen molar-refractivity contribution in [2.24, 2.45) is 0 Å². The van der Waals surface area contributed by atoms with Gasteiger partial charge in [0.1, 0.15) is 0 Å². The molecule has 3 aromatic carbocycles. The molecule has 2 nitrogen and oxygen atoms in total. The third kappa shape index (κ3) is 4.75. The third-order valence-corrected chi connectivity index (χ3v) is 4.44. The van der Waals surface area contributed by atoms with Gasteiger partial charge in [-0.05, 0) is 22.8 Å². The van der Waals surface area contributed by atoms with E-state index >= 15 is 0 Å². The standard InChI is InChI=1S/C24H19ClO2/c1-27-24(26)23-20(14-12-18-8-4-2-5-9-18)15-17-22(25)21(23)16-13-19-10-6-3-7-11-19/h2-17H,1H3/b14-12+,16-13+. The second-order valence-corrected chi connectivity index (χ2v) is 6.31. The second kappa shape index (κ2) is 9.02. The molecule has 0 N–H and O–H groups in total. The Morgan fingerprint density at radius 1 is 0.778 bits per heavy atom. The van der Waals surface area contributed by atoms with E-state index in [2.05, 4.69) is 0 Å². The van der Waals surface area contributed by atoms with E-state index in [9.17, 15) is 4.79 Å². The van der Waals surface area contributed by atoms with Crippen molar-refractivity contribution in [3.05, 3.63) is 106 Å². The molecule has 3 aromatic rings. The van der Waals surface area contributed by atoms with E-state index in [0.29, 0.717) is 16.1 Å². The van der Waals surface area contributed by atoms with E-state index in [1.54, 1.807) is 6.07 Å². The van der Waals surface area contributed by atoms with Crippen LogP contribution in [0, 0.1) is 0 Å². The van der Waals surface area contributed by atoms with Crippen LogP contribution >= 0.6 is 11.6 Å². The maximum atomic E-state index is 12.5. The molecule has 0 fully saturated rings. The molecule has 0 saturated heterocycles. The number of carbonyl (C=O) groups excluding carboxylic acids is 1. The summed E-state index contributed by atoms with van der Waals surface area (Å²) in [6.45, 7) is 0. The number of ether oxygens (including phenoxy) is 1. The van der Waals surface area contributed by atoms with Gasteiger partial charge in [-0.2, -0.15) is 0 Å². The average Bonchev–Trinajstić information content (AvgIpc) is 2.72. The smallest absolute Gasteiger partial charge is 0.339 e. The molecule has 0 heterocycles. The van der Waals surface area contributed by atoms with Gasteiger partial charge in [0.15, 0.2) is 0 Å². The Bertz CT molecular complexity index is 974. The average molecular weight is 375 g/mol. The topological polar surface area (TPSA) is 26.3 Å². The first-order valence-electron chi connectivity index (χ1n) is 8.56. The van der Waals surface area contributed by atoms with Gasteiger partial charge in [-0.3, -0.25) is 0 Å². The summed E-state index contributed by atoms with van der Waals surface area (Å²) in [6.07, 6.45) is 7.64. The lowest BCUT2D eigenvalue weighted by Gasteiger charge is -2.10. The number of benzene rings is 3. The fourth-order valence-corrected chi connectivity index (χ4v) is 2.96. The molecular formula is C24H19ClO2. The molecule has 0 aliphatic rings. The Kier molecular flexibility index (Phi) is 6.24. The number of halogens is 1. The SMILES string of the molecule is COC(=O)c1c(/C=C/c2ccccc2)ccc(Cl)c1/C=C/c1ccccc1. The minimum atomic E-state index is -0.419. The van der Waals surface area contributed by atoms with Gasteiger partial charge in [-0.15, -0.1) is 0 Å². The lowest BCUT2D eigenvalue weighted by molar-refractivity contribution is 0.0600. The van der Waals surface area contributed by atoms with Crippen LogP contribution in [0.25, 0.3) is 24.3 Å². The van der Waals surface area contributed by atoms with Gasteiger partial charge in [0.2, 0.25) is 0 Å². The zero-order valence-corrected chi connectivity index (χ0v) is 15.7.